The highest BCUT2D eigenvalue weighted by molar-refractivity contribution is 7.10. The van der Waals surface area contributed by atoms with Gasteiger partial charge in [0.2, 0.25) is 5.91 Å². The number of furan rings is 1. The third-order valence-corrected chi connectivity index (χ3v) is 6.15. The maximum absolute atomic E-state index is 12.4. The van der Waals surface area contributed by atoms with Crippen LogP contribution < -0.4 is 15.5 Å². The van der Waals surface area contributed by atoms with Crippen LogP contribution in [-0.2, 0) is 20.0 Å². The van der Waals surface area contributed by atoms with Crippen molar-refractivity contribution in [3.8, 4) is 0 Å². The van der Waals surface area contributed by atoms with Crippen LogP contribution in [0.15, 0.2) is 64.8 Å². The van der Waals surface area contributed by atoms with E-state index in [9.17, 15) is 19.5 Å². The number of anilines is 2. The van der Waals surface area contributed by atoms with Crippen molar-refractivity contribution in [3.63, 3.8) is 0 Å². The van der Waals surface area contributed by atoms with Gasteiger partial charge in [0.25, 0.3) is 0 Å². The first-order chi connectivity index (χ1) is 15.0. The number of nitrogens with zero attached hydrogens (tertiary/aromatic N) is 1. The second kappa shape index (κ2) is 8.75. The maximum Gasteiger partial charge on any atom is 0.313 e. The van der Waals surface area contributed by atoms with Crippen molar-refractivity contribution in [2.75, 3.05) is 23.3 Å². The van der Waals surface area contributed by atoms with Gasteiger partial charge in [-0.3, -0.25) is 14.4 Å². The van der Waals surface area contributed by atoms with E-state index in [2.05, 4.69) is 10.6 Å². The van der Waals surface area contributed by atoms with Crippen molar-refractivity contribution in [1.29, 1.82) is 0 Å². The first-order valence-corrected chi connectivity index (χ1v) is 10.6. The summed E-state index contributed by atoms with van der Waals surface area (Å²) in [5, 5.41) is 18.0. The van der Waals surface area contributed by atoms with Crippen LogP contribution in [0.1, 0.15) is 23.3 Å². The molecule has 0 radical (unpaired) electrons. The molecule has 0 unspecified atom stereocenters. The van der Waals surface area contributed by atoms with Crippen molar-refractivity contribution in [3.05, 3.63) is 70.8 Å². The Morgan fingerprint density at radius 2 is 2.06 bits per heavy atom. The van der Waals surface area contributed by atoms with Gasteiger partial charge in [-0.05, 0) is 42.1 Å². The zero-order valence-corrected chi connectivity index (χ0v) is 17.4. The number of nitrogens with one attached hydrogen (secondary N) is 2. The molecule has 4 rings (SSSR count). The topological polar surface area (TPSA) is 112 Å². The molecule has 2 aromatic heterocycles. The van der Waals surface area contributed by atoms with Crippen molar-refractivity contribution in [1.82, 2.24) is 5.32 Å². The lowest BCUT2D eigenvalue weighted by Gasteiger charge is -2.26. The zero-order valence-electron chi connectivity index (χ0n) is 16.5. The van der Waals surface area contributed by atoms with Crippen LogP contribution in [0, 0.1) is 0 Å². The molecule has 0 spiro atoms. The van der Waals surface area contributed by atoms with Gasteiger partial charge in [-0.1, -0.05) is 12.1 Å². The summed E-state index contributed by atoms with van der Waals surface area (Å²) < 4.78 is 5.08. The highest BCUT2D eigenvalue weighted by Crippen LogP contribution is 2.32. The average Bonchev–Trinajstić information content (AvgIpc) is 3.54. The molecular formula is C22H21N3O5S. The number of hydrogen-bond acceptors (Lipinski definition) is 6. The van der Waals surface area contributed by atoms with Gasteiger partial charge in [0.05, 0.1) is 19.1 Å². The molecule has 3 aromatic rings. The molecule has 0 aliphatic carbocycles. The Morgan fingerprint density at radius 3 is 2.74 bits per heavy atom. The van der Waals surface area contributed by atoms with Crippen LogP contribution in [0.2, 0.25) is 0 Å². The van der Waals surface area contributed by atoms with Gasteiger partial charge in [0.15, 0.2) is 0 Å². The maximum atomic E-state index is 12.4. The van der Waals surface area contributed by atoms with E-state index in [-0.39, 0.29) is 12.5 Å². The zero-order chi connectivity index (χ0) is 21.8. The molecule has 1 aromatic carbocycles. The van der Waals surface area contributed by atoms with Crippen molar-refractivity contribution >= 4 is 40.4 Å². The van der Waals surface area contributed by atoms with E-state index in [0.29, 0.717) is 34.8 Å². The summed E-state index contributed by atoms with van der Waals surface area (Å²) in [5.74, 6) is -1.72. The van der Waals surface area contributed by atoms with E-state index in [4.69, 9.17) is 4.42 Å². The van der Waals surface area contributed by atoms with E-state index in [1.54, 1.807) is 47.4 Å². The van der Waals surface area contributed by atoms with E-state index in [0.717, 1.165) is 6.42 Å². The quantitative estimate of drug-likeness (QED) is 0.511. The number of amides is 3. The Bertz CT molecular complexity index is 1040. The second-order valence-corrected chi connectivity index (χ2v) is 8.13. The molecule has 1 saturated heterocycles. The van der Waals surface area contributed by atoms with Crippen LogP contribution in [0.5, 0.6) is 0 Å². The fourth-order valence-corrected chi connectivity index (χ4v) is 4.34. The average molecular weight is 439 g/mol. The third-order valence-electron chi connectivity index (χ3n) is 5.13. The molecule has 1 fully saturated rings. The van der Waals surface area contributed by atoms with Crippen LogP contribution in [0.25, 0.3) is 0 Å². The highest BCUT2D eigenvalue weighted by Gasteiger charge is 2.35. The van der Waals surface area contributed by atoms with Gasteiger partial charge in [-0.15, -0.1) is 11.3 Å². The molecular weight excluding hydrogens is 418 g/mol. The predicted molar refractivity (Wildman–Crippen MR) is 116 cm³/mol. The minimum absolute atomic E-state index is 0.0355. The number of benzene rings is 1. The summed E-state index contributed by atoms with van der Waals surface area (Å²) in [7, 11) is 0. The predicted octanol–water partition coefficient (Wildman–Crippen LogP) is 2.46. The number of carbonyl (C=O) groups is 3. The van der Waals surface area contributed by atoms with Crippen LogP contribution in [0.4, 0.5) is 11.4 Å². The summed E-state index contributed by atoms with van der Waals surface area (Å²) in [6.07, 6.45) is 4.13. The SMILES string of the molecule is O=C(NC[C@@](O)(c1ccoc1)c1cccs1)C(=O)Nc1cccc(N2CCCC2=O)c1. The standard InChI is InChI=1S/C22H21N3O5S/c26-19-7-2-9-25(19)17-5-1-4-16(12-17)24-21(28)20(27)23-14-22(29,15-8-10-30-13-15)18-6-3-11-31-18/h1,3-6,8,10-13,29H,2,7,9,14H2,(H,23,27)(H,24,28)/t22-/m1/s1. The second-order valence-electron chi connectivity index (χ2n) is 7.19. The van der Waals surface area contributed by atoms with E-state index in [1.807, 2.05) is 5.38 Å². The molecule has 0 bridgehead atoms. The van der Waals surface area contributed by atoms with E-state index < -0.39 is 17.4 Å². The lowest BCUT2D eigenvalue weighted by atomic mass is 9.94. The Labute approximate surface area is 182 Å². The summed E-state index contributed by atoms with van der Waals surface area (Å²) in [6.45, 7) is 0.424. The molecule has 1 aliphatic rings. The molecule has 9 heteroatoms. The monoisotopic (exact) mass is 439 g/mol. The van der Waals surface area contributed by atoms with Crippen molar-refractivity contribution in [2.45, 2.75) is 18.4 Å². The largest absolute Gasteiger partial charge is 0.472 e. The number of hydrogen-bond donors (Lipinski definition) is 3. The van der Waals surface area contributed by atoms with Gasteiger partial charge < -0.3 is 25.1 Å². The number of aliphatic hydroxyl groups is 1. The minimum Gasteiger partial charge on any atom is -0.472 e. The summed E-state index contributed by atoms with van der Waals surface area (Å²) in [5.41, 5.74) is 0.0275. The molecule has 0 saturated carbocycles. The Balaban J connectivity index is 1.42. The first kappa shape index (κ1) is 20.8. The van der Waals surface area contributed by atoms with E-state index >= 15 is 0 Å². The number of thiophene rings is 1. The first-order valence-electron chi connectivity index (χ1n) is 9.76. The molecule has 160 valence electrons. The van der Waals surface area contributed by atoms with Gasteiger partial charge in [0.1, 0.15) is 5.60 Å². The third kappa shape index (κ3) is 4.37. The minimum atomic E-state index is -1.52. The fraction of sp³-hybridized carbons (Fsp3) is 0.227. The molecule has 8 nitrogen and oxygen atoms in total. The smallest absolute Gasteiger partial charge is 0.313 e. The summed E-state index contributed by atoms with van der Waals surface area (Å²) >= 11 is 1.33. The van der Waals surface area contributed by atoms with Crippen LogP contribution >= 0.6 is 11.3 Å². The molecule has 3 heterocycles. The number of rotatable bonds is 6. The van der Waals surface area contributed by atoms with Gasteiger partial charge in [-0.25, -0.2) is 0 Å². The van der Waals surface area contributed by atoms with Gasteiger partial charge >= 0.3 is 11.8 Å². The van der Waals surface area contributed by atoms with Gasteiger partial charge in [0, 0.05) is 34.8 Å². The van der Waals surface area contributed by atoms with Crippen LogP contribution in [0.3, 0.4) is 0 Å². The fourth-order valence-electron chi connectivity index (χ4n) is 3.49. The molecule has 1 aliphatic heterocycles. The Morgan fingerprint density at radius 1 is 1.19 bits per heavy atom. The lowest BCUT2D eigenvalue weighted by molar-refractivity contribution is -0.136. The number of carbonyl (C=O) groups excluding carboxylic acids is 3. The highest BCUT2D eigenvalue weighted by atomic mass is 32.1. The molecule has 3 N–H and O–H groups in total. The molecule has 31 heavy (non-hydrogen) atoms. The summed E-state index contributed by atoms with van der Waals surface area (Å²) in [6, 6.07) is 11.9. The van der Waals surface area contributed by atoms with Gasteiger partial charge in [-0.2, -0.15) is 0 Å². The van der Waals surface area contributed by atoms with Crippen LogP contribution in [-0.4, -0.2) is 35.9 Å². The molecule has 3 amide bonds. The van der Waals surface area contributed by atoms with E-state index in [1.165, 1.54) is 23.9 Å². The molecule has 1 atom stereocenters. The van der Waals surface area contributed by atoms with Crippen molar-refractivity contribution in [2.24, 2.45) is 0 Å². The Hall–Kier alpha value is -3.43. The Kier molecular flexibility index (Phi) is 5.88. The summed E-state index contributed by atoms with van der Waals surface area (Å²) in [4.78, 5) is 39.0. The lowest BCUT2D eigenvalue weighted by Crippen LogP contribution is -2.44. The van der Waals surface area contributed by atoms with Crippen molar-refractivity contribution < 1.29 is 23.9 Å². The normalized spacial score (nSPS) is 15.5.